The second-order valence-corrected chi connectivity index (χ2v) is 6.66. The highest BCUT2D eigenvalue weighted by Crippen LogP contribution is 2.16. The standard InChI is InChI=1S/C19H22N6O2/c1-27-17-5-3-15(4-6-17)10-23-7-2-8-25-18(12-23)22-16(9-19(25)26)11-24-14-20-13-21-24/h3-6,9,13-14H,2,7-8,10-12H2,1H3. The number of hydrogen-bond donors (Lipinski definition) is 0. The molecule has 0 unspecified atom stereocenters. The van der Waals surface area contributed by atoms with Crippen LogP contribution >= 0.6 is 0 Å². The van der Waals surface area contributed by atoms with E-state index in [4.69, 9.17) is 9.72 Å². The SMILES string of the molecule is COc1ccc(CN2CCCn3c(nc(Cn4cncn4)cc3=O)C2)cc1. The molecular weight excluding hydrogens is 344 g/mol. The fraction of sp³-hybridized carbons (Fsp3) is 0.368. The third kappa shape index (κ3) is 4.06. The van der Waals surface area contributed by atoms with Gasteiger partial charge in [-0.3, -0.25) is 14.3 Å². The lowest BCUT2D eigenvalue weighted by Gasteiger charge is -2.20. The Hall–Kier alpha value is -3.00. The zero-order valence-electron chi connectivity index (χ0n) is 15.3. The number of fused-ring (bicyclic) bond motifs is 1. The summed E-state index contributed by atoms with van der Waals surface area (Å²) in [5.41, 5.74) is 1.93. The van der Waals surface area contributed by atoms with Crippen LogP contribution in [0, 0.1) is 0 Å². The Morgan fingerprint density at radius 3 is 2.74 bits per heavy atom. The molecule has 0 radical (unpaired) electrons. The first-order valence-corrected chi connectivity index (χ1v) is 8.98. The van der Waals surface area contributed by atoms with Crippen molar-refractivity contribution in [1.29, 1.82) is 0 Å². The summed E-state index contributed by atoms with van der Waals surface area (Å²) in [7, 11) is 1.67. The molecule has 8 heteroatoms. The maximum absolute atomic E-state index is 12.5. The molecule has 1 aliphatic heterocycles. The summed E-state index contributed by atoms with van der Waals surface area (Å²) in [5.74, 6) is 1.66. The van der Waals surface area contributed by atoms with Crippen LogP contribution in [0.15, 0.2) is 47.8 Å². The Bertz CT molecular complexity index is 949. The molecule has 0 saturated heterocycles. The van der Waals surface area contributed by atoms with E-state index in [0.29, 0.717) is 25.3 Å². The van der Waals surface area contributed by atoms with Gasteiger partial charge in [0.2, 0.25) is 0 Å². The van der Waals surface area contributed by atoms with Crippen LogP contribution in [0.4, 0.5) is 0 Å². The van der Waals surface area contributed by atoms with E-state index in [1.54, 1.807) is 28.8 Å². The van der Waals surface area contributed by atoms with E-state index < -0.39 is 0 Å². The molecule has 1 aromatic carbocycles. The molecule has 0 spiro atoms. The van der Waals surface area contributed by atoms with Crippen LogP contribution in [0.25, 0.3) is 0 Å². The van der Waals surface area contributed by atoms with Gasteiger partial charge in [-0.1, -0.05) is 12.1 Å². The van der Waals surface area contributed by atoms with Crippen molar-refractivity contribution in [2.75, 3.05) is 13.7 Å². The first-order valence-electron chi connectivity index (χ1n) is 8.98. The molecule has 8 nitrogen and oxygen atoms in total. The molecule has 0 atom stereocenters. The van der Waals surface area contributed by atoms with Crippen molar-refractivity contribution < 1.29 is 4.74 Å². The fourth-order valence-electron chi connectivity index (χ4n) is 3.38. The van der Waals surface area contributed by atoms with E-state index >= 15 is 0 Å². The van der Waals surface area contributed by atoms with Crippen molar-refractivity contribution in [3.05, 3.63) is 70.4 Å². The molecule has 0 bridgehead atoms. The van der Waals surface area contributed by atoms with Crippen molar-refractivity contribution in [2.45, 2.75) is 32.6 Å². The predicted octanol–water partition coefficient (Wildman–Crippen LogP) is 1.30. The minimum atomic E-state index is 0.00131. The number of benzene rings is 1. The lowest BCUT2D eigenvalue weighted by Crippen LogP contribution is -2.28. The summed E-state index contributed by atoms with van der Waals surface area (Å²) in [4.78, 5) is 23.6. The minimum Gasteiger partial charge on any atom is -0.497 e. The molecule has 2 aromatic heterocycles. The molecule has 140 valence electrons. The van der Waals surface area contributed by atoms with Gasteiger partial charge in [-0.2, -0.15) is 5.10 Å². The van der Waals surface area contributed by atoms with Crippen molar-refractivity contribution >= 4 is 0 Å². The van der Waals surface area contributed by atoms with Crippen molar-refractivity contribution in [2.24, 2.45) is 0 Å². The Morgan fingerprint density at radius 2 is 2.00 bits per heavy atom. The monoisotopic (exact) mass is 366 g/mol. The molecule has 1 aliphatic rings. The van der Waals surface area contributed by atoms with Crippen LogP contribution in [0.1, 0.15) is 23.5 Å². The molecule has 0 N–H and O–H groups in total. The maximum atomic E-state index is 12.5. The Morgan fingerprint density at radius 1 is 1.15 bits per heavy atom. The van der Waals surface area contributed by atoms with Gasteiger partial charge in [0.05, 0.1) is 25.9 Å². The summed E-state index contributed by atoms with van der Waals surface area (Å²) in [6, 6.07) is 9.70. The molecule has 0 aliphatic carbocycles. The van der Waals surface area contributed by atoms with Crippen LogP contribution in [0.2, 0.25) is 0 Å². The van der Waals surface area contributed by atoms with Crippen LogP contribution in [-0.2, 0) is 26.2 Å². The predicted molar refractivity (Wildman–Crippen MR) is 99.3 cm³/mol. The van der Waals surface area contributed by atoms with Crippen LogP contribution < -0.4 is 10.3 Å². The number of ether oxygens (including phenoxy) is 1. The Balaban J connectivity index is 1.54. The topological polar surface area (TPSA) is 78.1 Å². The number of methoxy groups -OCH3 is 1. The van der Waals surface area contributed by atoms with E-state index in [2.05, 4.69) is 27.1 Å². The van der Waals surface area contributed by atoms with Crippen molar-refractivity contribution in [1.82, 2.24) is 29.2 Å². The normalized spacial score (nSPS) is 14.6. The van der Waals surface area contributed by atoms with Crippen LogP contribution in [0.5, 0.6) is 5.75 Å². The van der Waals surface area contributed by atoms with Gasteiger partial charge >= 0.3 is 0 Å². The molecular formula is C19H22N6O2. The number of nitrogens with zero attached hydrogens (tertiary/aromatic N) is 6. The van der Waals surface area contributed by atoms with Gasteiger partial charge in [0.1, 0.15) is 24.2 Å². The first kappa shape index (κ1) is 17.4. The first-order chi connectivity index (χ1) is 13.2. The van der Waals surface area contributed by atoms with E-state index in [1.807, 2.05) is 12.1 Å². The van der Waals surface area contributed by atoms with Gasteiger partial charge in [0.15, 0.2) is 0 Å². The Labute approximate surface area is 157 Å². The van der Waals surface area contributed by atoms with E-state index in [9.17, 15) is 4.79 Å². The second kappa shape index (κ2) is 7.71. The largest absolute Gasteiger partial charge is 0.497 e. The minimum absolute atomic E-state index is 0.00131. The highest BCUT2D eigenvalue weighted by molar-refractivity contribution is 5.27. The van der Waals surface area contributed by atoms with Crippen molar-refractivity contribution in [3.8, 4) is 5.75 Å². The summed E-state index contributed by atoms with van der Waals surface area (Å²) in [6.45, 7) is 3.53. The zero-order valence-corrected chi connectivity index (χ0v) is 15.3. The van der Waals surface area contributed by atoms with Gasteiger partial charge < -0.3 is 4.74 Å². The summed E-state index contributed by atoms with van der Waals surface area (Å²) >= 11 is 0. The third-order valence-electron chi connectivity index (χ3n) is 4.72. The second-order valence-electron chi connectivity index (χ2n) is 6.66. The smallest absolute Gasteiger partial charge is 0.253 e. The summed E-state index contributed by atoms with van der Waals surface area (Å²) in [6.07, 6.45) is 4.03. The molecule has 0 saturated carbocycles. The van der Waals surface area contributed by atoms with E-state index in [-0.39, 0.29) is 5.56 Å². The number of hydrogen-bond acceptors (Lipinski definition) is 6. The van der Waals surface area contributed by atoms with Gasteiger partial charge in [-0.15, -0.1) is 0 Å². The third-order valence-corrected chi connectivity index (χ3v) is 4.72. The molecule has 0 fully saturated rings. The molecule has 3 heterocycles. The average Bonchev–Trinajstić information content (AvgIpc) is 3.08. The molecule has 0 amide bonds. The zero-order chi connectivity index (χ0) is 18.6. The molecule has 27 heavy (non-hydrogen) atoms. The van der Waals surface area contributed by atoms with Crippen LogP contribution in [-0.4, -0.2) is 42.9 Å². The van der Waals surface area contributed by atoms with E-state index in [1.165, 1.54) is 11.9 Å². The summed E-state index contributed by atoms with van der Waals surface area (Å²) < 4.78 is 8.68. The highest BCUT2D eigenvalue weighted by Gasteiger charge is 2.18. The highest BCUT2D eigenvalue weighted by atomic mass is 16.5. The van der Waals surface area contributed by atoms with Crippen LogP contribution in [0.3, 0.4) is 0 Å². The number of aromatic nitrogens is 5. The van der Waals surface area contributed by atoms with Gasteiger partial charge in [-0.05, 0) is 24.1 Å². The summed E-state index contributed by atoms with van der Waals surface area (Å²) in [5, 5.41) is 4.09. The lowest BCUT2D eigenvalue weighted by atomic mass is 10.2. The quantitative estimate of drug-likeness (QED) is 0.677. The van der Waals surface area contributed by atoms with E-state index in [0.717, 1.165) is 31.1 Å². The lowest BCUT2D eigenvalue weighted by molar-refractivity contribution is 0.258. The van der Waals surface area contributed by atoms with Gasteiger partial charge in [-0.25, -0.2) is 14.6 Å². The van der Waals surface area contributed by atoms with Gasteiger partial charge in [0, 0.05) is 25.7 Å². The maximum Gasteiger partial charge on any atom is 0.253 e. The Kier molecular flexibility index (Phi) is 4.97. The fourth-order valence-corrected chi connectivity index (χ4v) is 3.38. The van der Waals surface area contributed by atoms with Crippen molar-refractivity contribution in [3.63, 3.8) is 0 Å². The number of rotatable bonds is 5. The average molecular weight is 366 g/mol. The molecule has 4 rings (SSSR count). The van der Waals surface area contributed by atoms with Gasteiger partial charge in [0.25, 0.3) is 5.56 Å². The molecule has 3 aromatic rings.